The van der Waals surface area contributed by atoms with Crippen molar-refractivity contribution in [3.8, 4) is 0 Å². The number of hydrogen-bond donors (Lipinski definition) is 1. The van der Waals surface area contributed by atoms with Crippen LogP contribution in [0.2, 0.25) is 0 Å². The fourth-order valence-corrected chi connectivity index (χ4v) is 2.35. The number of pyridine rings is 1. The van der Waals surface area contributed by atoms with Crippen LogP contribution < -0.4 is 0 Å². The summed E-state index contributed by atoms with van der Waals surface area (Å²) in [4.78, 5) is 15.4. The molecule has 2 rings (SSSR count). The number of rotatable bonds is 4. The van der Waals surface area contributed by atoms with Gasteiger partial charge in [-0.1, -0.05) is 6.07 Å². The van der Waals surface area contributed by atoms with Crippen LogP contribution in [-0.4, -0.2) is 29.3 Å². The second kappa shape index (κ2) is 5.77. The highest BCUT2D eigenvalue weighted by Crippen LogP contribution is 2.26. The number of nitrogens with zero attached hydrogens (tertiary/aromatic N) is 1. The van der Waals surface area contributed by atoms with Gasteiger partial charge in [-0.15, -0.1) is 0 Å². The minimum absolute atomic E-state index is 0.224. The first-order valence-corrected chi connectivity index (χ1v) is 5.97. The van der Waals surface area contributed by atoms with Gasteiger partial charge in [0.05, 0.1) is 5.92 Å². The summed E-state index contributed by atoms with van der Waals surface area (Å²) in [6, 6.07) is 3.78. The largest absolute Gasteiger partial charge is 0.481 e. The van der Waals surface area contributed by atoms with Crippen LogP contribution in [0.1, 0.15) is 18.4 Å². The molecule has 0 aromatic carbocycles. The third kappa shape index (κ3) is 3.27. The van der Waals surface area contributed by atoms with Crippen LogP contribution in [0, 0.1) is 11.8 Å². The smallest absolute Gasteiger partial charge is 0.307 e. The first kappa shape index (κ1) is 12.0. The Balaban J connectivity index is 2.04. The van der Waals surface area contributed by atoms with Crippen molar-refractivity contribution >= 4 is 5.97 Å². The van der Waals surface area contributed by atoms with Crippen molar-refractivity contribution in [1.82, 2.24) is 4.98 Å². The maximum atomic E-state index is 11.3. The molecule has 17 heavy (non-hydrogen) atoms. The summed E-state index contributed by atoms with van der Waals surface area (Å²) in [5.41, 5.74) is 0.992. The molecular formula is C13H17NO3. The van der Waals surface area contributed by atoms with Crippen LogP contribution in [0.15, 0.2) is 24.5 Å². The zero-order valence-electron chi connectivity index (χ0n) is 9.71. The number of ether oxygens (including phenoxy) is 1. The SMILES string of the molecule is O=C(O)C(Cc1cccnc1)C1CCOCC1. The van der Waals surface area contributed by atoms with Gasteiger partial charge in [-0.25, -0.2) is 0 Å². The highest BCUT2D eigenvalue weighted by atomic mass is 16.5. The standard InChI is InChI=1S/C13H17NO3/c15-13(16)12(11-3-6-17-7-4-11)8-10-2-1-5-14-9-10/h1-2,5,9,11-12H,3-4,6-8H2,(H,15,16). The van der Waals surface area contributed by atoms with Crippen molar-refractivity contribution in [1.29, 1.82) is 0 Å². The number of hydrogen-bond acceptors (Lipinski definition) is 3. The molecule has 0 spiro atoms. The average molecular weight is 235 g/mol. The molecule has 92 valence electrons. The van der Waals surface area contributed by atoms with Crippen molar-refractivity contribution in [2.75, 3.05) is 13.2 Å². The Labute approximate surface area is 101 Å². The minimum Gasteiger partial charge on any atom is -0.481 e. The van der Waals surface area contributed by atoms with E-state index in [-0.39, 0.29) is 11.8 Å². The Morgan fingerprint density at radius 1 is 1.53 bits per heavy atom. The van der Waals surface area contributed by atoms with Crippen LogP contribution in [0.3, 0.4) is 0 Å². The minimum atomic E-state index is -0.708. The van der Waals surface area contributed by atoms with Gasteiger partial charge in [-0.05, 0) is 36.8 Å². The normalized spacial score (nSPS) is 18.8. The molecule has 1 saturated heterocycles. The van der Waals surface area contributed by atoms with Gasteiger partial charge in [0.1, 0.15) is 0 Å². The van der Waals surface area contributed by atoms with Gasteiger partial charge in [0.15, 0.2) is 0 Å². The molecule has 0 saturated carbocycles. The van der Waals surface area contributed by atoms with E-state index < -0.39 is 5.97 Å². The van der Waals surface area contributed by atoms with E-state index in [2.05, 4.69) is 4.98 Å². The third-order valence-electron chi connectivity index (χ3n) is 3.33. The Morgan fingerprint density at radius 2 is 2.29 bits per heavy atom. The van der Waals surface area contributed by atoms with E-state index in [9.17, 15) is 9.90 Å². The third-order valence-corrected chi connectivity index (χ3v) is 3.33. The molecule has 1 atom stereocenters. The molecule has 0 amide bonds. The monoisotopic (exact) mass is 235 g/mol. The lowest BCUT2D eigenvalue weighted by atomic mass is 9.82. The lowest BCUT2D eigenvalue weighted by molar-refractivity contribution is -0.145. The van der Waals surface area contributed by atoms with Gasteiger partial charge < -0.3 is 9.84 Å². The number of carboxylic acid groups (broad SMARTS) is 1. The van der Waals surface area contributed by atoms with E-state index in [0.717, 1.165) is 18.4 Å². The number of aliphatic carboxylic acids is 1. The highest BCUT2D eigenvalue weighted by molar-refractivity contribution is 5.70. The summed E-state index contributed by atoms with van der Waals surface area (Å²) >= 11 is 0. The predicted octanol–water partition coefficient (Wildman–Crippen LogP) is 1.75. The van der Waals surface area contributed by atoms with Crippen LogP contribution in [0.5, 0.6) is 0 Å². The number of aromatic nitrogens is 1. The molecule has 4 heteroatoms. The van der Waals surface area contributed by atoms with E-state index in [1.807, 2.05) is 12.1 Å². The molecule has 1 unspecified atom stereocenters. The van der Waals surface area contributed by atoms with Gasteiger partial charge in [0, 0.05) is 25.6 Å². The molecular weight excluding hydrogens is 218 g/mol. The first-order valence-electron chi connectivity index (χ1n) is 5.97. The maximum Gasteiger partial charge on any atom is 0.307 e. The van der Waals surface area contributed by atoms with E-state index >= 15 is 0 Å². The van der Waals surface area contributed by atoms with Crippen LogP contribution in [-0.2, 0) is 16.0 Å². The Kier molecular flexibility index (Phi) is 4.09. The fourth-order valence-electron chi connectivity index (χ4n) is 2.35. The fraction of sp³-hybridized carbons (Fsp3) is 0.538. The molecule has 0 radical (unpaired) electrons. The van der Waals surface area contributed by atoms with E-state index in [1.54, 1.807) is 12.4 Å². The van der Waals surface area contributed by atoms with Crippen molar-refractivity contribution < 1.29 is 14.6 Å². The lowest BCUT2D eigenvalue weighted by Gasteiger charge is -2.27. The molecule has 1 aromatic heterocycles. The van der Waals surface area contributed by atoms with Crippen molar-refractivity contribution in [2.24, 2.45) is 11.8 Å². The maximum absolute atomic E-state index is 11.3. The molecule has 2 heterocycles. The van der Waals surface area contributed by atoms with Crippen molar-refractivity contribution in [2.45, 2.75) is 19.3 Å². The Hall–Kier alpha value is -1.42. The summed E-state index contributed by atoms with van der Waals surface area (Å²) < 4.78 is 5.27. The zero-order chi connectivity index (χ0) is 12.1. The summed E-state index contributed by atoms with van der Waals surface area (Å²) in [5.74, 6) is -0.801. The molecule has 1 fully saturated rings. The van der Waals surface area contributed by atoms with Gasteiger partial charge >= 0.3 is 5.97 Å². The summed E-state index contributed by atoms with van der Waals surface area (Å²) in [6.45, 7) is 1.36. The highest BCUT2D eigenvalue weighted by Gasteiger charge is 2.29. The molecule has 1 aromatic rings. The zero-order valence-corrected chi connectivity index (χ0v) is 9.71. The number of carbonyl (C=O) groups is 1. The molecule has 1 aliphatic heterocycles. The van der Waals surface area contributed by atoms with E-state index in [4.69, 9.17) is 4.74 Å². The van der Waals surface area contributed by atoms with Gasteiger partial charge in [-0.2, -0.15) is 0 Å². The Morgan fingerprint density at radius 3 is 2.88 bits per heavy atom. The second-order valence-electron chi connectivity index (χ2n) is 4.46. The van der Waals surface area contributed by atoms with E-state index in [1.165, 1.54) is 0 Å². The van der Waals surface area contributed by atoms with Crippen molar-refractivity contribution in [3.63, 3.8) is 0 Å². The summed E-state index contributed by atoms with van der Waals surface area (Å²) in [5, 5.41) is 9.33. The van der Waals surface area contributed by atoms with Gasteiger partial charge in [-0.3, -0.25) is 9.78 Å². The topological polar surface area (TPSA) is 59.4 Å². The molecule has 1 N–H and O–H groups in total. The second-order valence-corrected chi connectivity index (χ2v) is 4.46. The number of carboxylic acids is 1. The lowest BCUT2D eigenvalue weighted by Crippen LogP contribution is -2.30. The van der Waals surface area contributed by atoms with E-state index in [0.29, 0.717) is 19.6 Å². The summed E-state index contributed by atoms with van der Waals surface area (Å²) in [6.07, 6.45) is 5.70. The average Bonchev–Trinajstić information content (AvgIpc) is 2.38. The van der Waals surface area contributed by atoms with Gasteiger partial charge in [0.2, 0.25) is 0 Å². The predicted molar refractivity (Wildman–Crippen MR) is 62.6 cm³/mol. The van der Waals surface area contributed by atoms with Gasteiger partial charge in [0.25, 0.3) is 0 Å². The quantitative estimate of drug-likeness (QED) is 0.863. The van der Waals surface area contributed by atoms with Crippen molar-refractivity contribution in [3.05, 3.63) is 30.1 Å². The molecule has 4 nitrogen and oxygen atoms in total. The Bertz CT molecular complexity index is 360. The molecule has 0 bridgehead atoms. The van der Waals surface area contributed by atoms with Crippen LogP contribution in [0.25, 0.3) is 0 Å². The molecule has 0 aliphatic carbocycles. The van der Waals surface area contributed by atoms with Crippen LogP contribution in [0.4, 0.5) is 0 Å². The van der Waals surface area contributed by atoms with Crippen LogP contribution >= 0.6 is 0 Å². The molecule has 1 aliphatic rings. The summed E-state index contributed by atoms with van der Waals surface area (Å²) in [7, 11) is 0. The first-order chi connectivity index (χ1) is 8.27.